The Morgan fingerprint density at radius 2 is 1.95 bits per heavy atom. The summed E-state index contributed by atoms with van der Waals surface area (Å²) in [6.07, 6.45) is 13.1. The maximum atomic E-state index is 3.82. The van der Waals surface area contributed by atoms with Gasteiger partial charge in [-0.2, -0.15) is 0 Å². The Labute approximate surface area is 126 Å². The molecule has 1 N–H and O–H groups in total. The van der Waals surface area contributed by atoms with Gasteiger partial charge in [-0.3, -0.25) is 0 Å². The van der Waals surface area contributed by atoms with E-state index in [0.717, 1.165) is 17.1 Å². The monoisotopic (exact) mass is 285 g/mol. The van der Waals surface area contributed by atoms with E-state index in [9.17, 15) is 0 Å². The first-order valence-corrected chi connectivity index (χ1v) is 8.97. The maximum Gasteiger partial charge on any atom is 0.0480 e. The van der Waals surface area contributed by atoms with E-state index in [4.69, 9.17) is 0 Å². The second kappa shape index (κ2) is 5.48. The van der Waals surface area contributed by atoms with Crippen molar-refractivity contribution in [3.8, 4) is 0 Å². The molecule has 0 aromatic heterocycles. The van der Waals surface area contributed by atoms with E-state index in [0.29, 0.717) is 6.04 Å². The molecule has 4 rings (SSSR count). The van der Waals surface area contributed by atoms with E-state index in [2.05, 4.69) is 53.5 Å². The van der Waals surface area contributed by atoms with E-state index < -0.39 is 0 Å². The Balaban J connectivity index is 1.45. The lowest BCUT2D eigenvalue weighted by Gasteiger charge is -2.41. The summed E-state index contributed by atoms with van der Waals surface area (Å²) < 4.78 is 0. The molecule has 20 heavy (non-hydrogen) atoms. The molecule has 3 atom stereocenters. The van der Waals surface area contributed by atoms with Gasteiger partial charge in [0.25, 0.3) is 0 Å². The lowest BCUT2D eigenvalue weighted by atomic mass is 9.71. The average molecular weight is 285 g/mol. The van der Waals surface area contributed by atoms with Gasteiger partial charge in [0.15, 0.2) is 0 Å². The molecule has 0 amide bonds. The van der Waals surface area contributed by atoms with Crippen LogP contribution in [0.3, 0.4) is 0 Å². The highest BCUT2D eigenvalue weighted by atomic mass is 32.2. The van der Waals surface area contributed by atoms with Crippen LogP contribution in [0.15, 0.2) is 41.3 Å². The van der Waals surface area contributed by atoms with Crippen molar-refractivity contribution in [2.24, 2.45) is 11.8 Å². The molecule has 2 fully saturated rings. The quantitative estimate of drug-likeness (QED) is 0.773. The second-order valence-corrected chi connectivity index (χ2v) is 7.85. The molecule has 0 bridgehead atoms. The van der Waals surface area contributed by atoms with E-state index in [1.807, 2.05) is 0 Å². The van der Waals surface area contributed by atoms with Crippen molar-refractivity contribution >= 4 is 17.4 Å². The van der Waals surface area contributed by atoms with Gasteiger partial charge in [-0.05, 0) is 43.7 Å². The number of anilines is 1. The van der Waals surface area contributed by atoms with E-state index in [1.165, 1.54) is 49.1 Å². The number of thioether (sulfide) groups is 1. The molecular weight excluding hydrogens is 262 g/mol. The third kappa shape index (κ3) is 2.39. The molecule has 1 aromatic carbocycles. The minimum atomic E-state index is 0.670. The summed E-state index contributed by atoms with van der Waals surface area (Å²) in [7, 11) is 0. The first kappa shape index (κ1) is 12.8. The highest BCUT2D eigenvalue weighted by Gasteiger charge is 2.41. The van der Waals surface area contributed by atoms with Crippen molar-refractivity contribution in [3.63, 3.8) is 0 Å². The SMILES string of the molecule is C1=CC2C(C1)CC2Nc1ccccc1SC1CCCC1. The Bertz CT molecular complexity index is 504. The highest BCUT2D eigenvalue weighted by Crippen LogP contribution is 2.45. The zero-order valence-electron chi connectivity index (χ0n) is 11.9. The molecule has 1 nitrogen and oxygen atoms in total. The van der Waals surface area contributed by atoms with Gasteiger partial charge < -0.3 is 5.32 Å². The van der Waals surface area contributed by atoms with Crippen molar-refractivity contribution in [2.75, 3.05) is 5.32 Å². The van der Waals surface area contributed by atoms with Gasteiger partial charge in [0.1, 0.15) is 0 Å². The summed E-state index contributed by atoms with van der Waals surface area (Å²) in [5, 5.41) is 4.67. The topological polar surface area (TPSA) is 12.0 Å². The summed E-state index contributed by atoms with van der Waals surface area (Å²) in [5.41, 5.74) is 1.37. The fourth-order valence-corrected chi connectivity index (χ4v) is 5.30. The number of benzene rings is 1. The number of allylic oxidation sites excluding steroid dienone is 1. The maximum absolute atomic E-state index is 3.82. The number of nitrogens with one attached hydrogen (secondary N) is 1. The van der Waals surface area contributed by atoms with Crippen LogP contribution in [0, 0.1) is 11.8 Å². The molecule has 0 saturated heterocycles. The highest BCUT2D eigenvalue weighted by molar-refractivity contribution is 8.00. The zero-order valence-corrected chi connectivity index (χ0v) is 12.7. The van der Waals surface area contributed by atoms with Gasteiger partial charge in [0, 0.05) is 27.8 Å². The summed E-state index contributed by atoms with van der Waals surface area (Å²) in [5.74, 6) is 1.72. The minimum absolute atomic E-state index is 0.670. The summed E-state index contributed by atoms with van der Waals surface area (Å²) in [6, 6.07) is 9.59. The standard InChI is InChI=1S/C18H23NS/c1-2-8-14(7-1)20-18-11-4-3-10-16(18)19-17-12-13-6-5-9-15(13)17/h3-5,9-11,13-15,17,19H,1-2,6-8,12H2. The van der Waals surface area contributed by atoms with Crippen LogP contribution in [-0.2, 0) is 0 Å². The minimum Gasteiger partial charge on any atom is -0.381 e. The Hall–Kier alpha value is -0.890. The van der Waals surface area contributed by atoms with Crippen molar-refractivity contribution < 1.29 is 0 Å². The first-order chi connectivity index (χ1) is 9.90. The van der Waals surface area contributed by atoms with Gasteiger partial charge in [0.2, 0.25) is 0 Å². The van der Waals surface area contributed by atoms with Gasteiger partial charge in [-0.25, -0.2) is 0 Å². The number of rotatable bonds is 4. The van der Waals surface area contributed by atoms with Gasteiger partial charge in [-0.1, -0.05) is 37.1 Å². The Kier molecular flexibility index (Phi) is 3.51. The number of para-hydroxylation sites is 1. The van der Waals surface area contributed by atoms with Crippen LogP contribution in [-0.4, -0.2) is 11.3 Å². The predicted molar refractivity (Wildman–Crippen MR) is 87.3 cm³/mol. The lowest BCUT2D eigenvalue weighted by molar-refractivity contribution is 0.217. The molecule has 0 radical (unpaired) electrons. The third-order valence-corrected chi connectivity index (χ3v) is 6.60. The number of hydrogen-bond donors (Lipinski definition) is 1. The van der Waals surface area contributed by atoms with Crippen LogP contribution >= 0.6 is 11.8 Å². The van der Waals surface area contributed by atoms with Crippen LogP contribution in [0.1, 0.15) is 38.5 Å². The van der Waals surface area contributed by atoms with Crippen LogP contribution in [0.5, 0.6) is 0 Å². The molecule has 0 heterocycles. The van der Waals surface area contributed by atoms with Crippen LogP contribution in [0.4, 0.5) is 5.69 Å². The average Bonchev–Trinajstić information content (AvgIpc) is 3.07. The van der Waals surface area contributed by atoms with Crippen LogP contribution in [0.2, 0.25) is 0 Å². The summed E-state index contributed by atoms with van der Waals surface area (Å²) in [4.78, 5) is 1.46. The molecule has 106 valence electrons. The molecule has 0 spiro atoms. The number of hydrogen-bond acceptors (Lipinski definition) is 2. The van der Waals surface area contributed by atoms with Crippen LogP contribution < -0.4 is 5.32 Å². The summed E-state index contributed by atoms with van der Waals surface area (Å²) >= 11 is 2.10. The molecule has 1 aromatic rings. The van der Waals surface area contributed by atoms with Crippen LogP contribution in [0.25, 0.3) is 0 Å². The van der Waals surface area contributed by atoms with E-state index in [-0.39, 0.29) is 0 Å². The normalized spacial score (nSPS) is 32.1. The Morgan fingerprint density at radius 1 is 1.10 bits per heavy atom. The molecule has 2 saturated carbocycles. The fraction of sp³-hybridized carbons (Fsp3) is 0.556. The van der Waals surface area contributed by atoms with Crippen molar-refractivity contribution in [2.45, 2.75) is 54.7 Å². The second-order valence-electron chi connectivity index (χ2n) is 6.51. The van der Waals surface area contributed by atoms with E-state index in [1.54, 1.807) is 0 Å². The van der Waals surface area contributed by atoms with Gasteiger partial charge >= 0.3 is 0 Å². The molecule has 3 aliphatic carbocycles. The zero-order chi connectivity index (χ0) is 13.4. The van der Waals surface area contributed by atoms with Crippen molar-refractivity contribution in [1.29, 1.82) is 0 Å². The third-order valence-electron chi connectivity index (χ3n) is 5.19. The molecule has 3 aliphatic rings. The van der Waals surface area contributed by atoms with Crippen molar-refractivity contribution in [3.05, 3.63) is 36.4 Å². The molecule has 0 aliphatic heterocycles. The van der Waals surface area contributed by atoms with Gasteiger partial charge in [0.05, 0.1) is 0 Å². The van der Waals surface area contributed by atoms with Crippen molar-refractivity contribution in [1.82, 2.24) is 0 Å². The fourth-order valence-electron chi connectivity index (χ4n) is 3.96. The predicted octanol–water partition coefficient (Wildman–Crippen LogP) is 5.10. The summed E-state index contributed by atoms with van der Waals surface area (Å²) in [6.45, 7) is 0. The van der Waals surface area contributed by atoms with E-state index >= 15 is 0 Å². The van der Waals surface area contributed by atoms with Gasteiger partial charge in [-0.15, -0.1) is 11.8 Å². The molecular formula is C18H23NS. The molecule has 2 heteroatoms. The largest absolute Gasteiger partial charge is 0.381 e. The molecule has 3 unspecified atom stereocenters. The smallest absolute Gasteiger partial charge is 0.0480 e. The lowest BCUT2D eigenvalue weighted by Crippen LogP contribution is -2.43. The number of fused-ring (bicyclic) bond motifs is 1. The Morgan fingerprint density at radius 3 is 2.80 bits per heavy atom. The first-order valence-electron chi connectivity index (χ1n) is 8.09.